The molecular formula is C15H21N5O3S. The minimum absolute atomic E-state index is 0.0532. The zero-order valence-electron chi connectivity index (χ0n) is 13.8. The Bertz CT molecular complexity index is 795. The van der Waals surface area contributed by atoms with Crippen molar-refractivity contribution in [2.24, 2.45) is 7.05 Å². The fourth-order valence-electron chi connectivity index (χ4n) is 2.66. The van der Waals surface area contributed by atoms with E-state index in [-0.39, 0.29) is 17.5 Å². The van der Waals surface area contributed by atoms with E-state index in [9.17, 15) is 8.42 Å². The van der Waals surface area contributed by atoms with Gasteiger partial charge in [0.1, 0.15) is 11.0 Å². The van der Waals surface area contributed by atoms with E-state index in [0.717, 1.165) is 25.9 Å². The highest BCUT2D eigenvalue weighted by atomic mass is 32.2. The van der Waals surface area contributed by atoms with Crippen LogP contribution in [-0.2, 0) is 28.4 Å². The lowest BCUT2D eigenvalue weighted by Gasteiger charge is -2.21. The lowest BCUT2D eigenvalue weighted by Crippen LogP contribution is -2.24. The van der Waals surface area contributed by atoms with Crippen LogP contribution in [0.15, 0.2) is 23.5 Å². The Kier molecular flexibility index (Phi) is 4.93. The number of nitrogens with one attached hydrogen (secondary N) is 1. The van der Waals surface area contributed by atoms with Crippen LogP contribution >= 0.6 is 0 Å². The Morgan fingerprint density at radius 2 is 2.08 bits per heavy atom. The molecule has 9 heteroatoms. The molecule has 0 aliphatic carbocycles. The van der Waals surface area contributed by atoms with E-state index in [2.05, 4.69) is 19.8 Å². The lowest BCUT2D eigenvalue weighted by molar-refractivity contribution is 0.00940. The zero-order chi connectivity index (χ0) is 17.2. The first kappa shape index (κ1) is 17.0. The van der Waals surface area contributed by atoms with Crippen molar-refractivity contribution in [1.82, 2.24) is 24.5 Å². The molecule has 1 aliphatic rings. The number of rotatable bonds is 5. The van der Waals surface area contributed by atoms with Gasteiger partial charge in [-0.05, 0) is 26.2 Å². The summed E-state index contributed by atoms with van der Waals surface area (Å²) in [5.74, 6) is 0.657. The number of sulfonamides is 1. The van der Waals surface area contributed by atoms with Crippen LogP contribution < -0.4 is 4.72 Å². The summed E-state index contributed by atoms with van der Waals surface area (Å²) in [5, 5.41) is 4.05. The summed E-state index contributed by atoms with van der Waals surface area (Å²) in [6.45, 7) is 2.53. The summed E-state index contributed by atoms with van der Waals surface area (Å²) in [7, 11) is -1.93. The molecule has 2 aromatic rings. The van der Waals surface area contributed by atoms with E-state index in [1.165, 1.54) is 10.9 Å². The first-order valence-corrected chi connectivity index (χ1v) is 9.36. The third-order valence-corrected chi connectivity index (χ3v) is 5.42. The summed E-state index contributed by atoms with van der Waals surface area (Å²) in [6, 6.07) is 0. The predicted molar refractivity (Wildman–Crippen MR) is 86.5 cm³/mol. The number of aryl methyl sites for hydroxylation is 2. The van der Waals surface area contributed by atoms with E-state index < -0.39 is 10.0 Å². The molecule has 3 heterocycles. The second-order valence-corrected chi connectivity index (χ2v) is 7.62. The summed E-state index contributed by atoms with van der Waals surface area (Å²) in [4.78, 5) is 8.80. The SMILES string of the molecule is Cc1nn(C)cc1S(=O)(=O)NCc1cnc([C@H]2CCCCO2)nc1. The van der Waals surface area contributed by atoms with Gasteiger partial charge in [0.05, 0.1) is 5.69 Å². The average molecular weight is 351 g/mol. The molecule has 2 aromatic heterocycles. The van der Waals surface area contributed by atoms with E-state index >= 15 is 0 Å². The topological polar surface area (TPSA) is 99.0 Å². The van der Waals surface area contributed by atoms with Gasteiger partial charge < -0.3 is 4.74 Å². The van der Waals surface area contributed by atoms with Crippen molar-refractivity contribution in [1.29, 1.82) is 0 Å². The fourth-order valence-corrected chi connectivity index (χ4v) is 3.90. The molecule has 1 atom stereocenters. The maximum atomic E-state index is 12.3. The summed E-state index contributed by atoms with van der Waals surface area (Å²) in [5.41, 5.74) is 1.16. The van der Waals surface area contributed by atoms with Gasteiger partial charge in [0.15, 0.2) is 5.82 Å². The predicted octanol–water partition coefficient (Wildman–Crippen LogP) is 1.24. The van der Waals surface area contributed by atoms with Gasteiger partial charge in [-0.2, -0.15) is 5.10 Å². The van der Waals surface area contributed by atoms with Crippen molar-refractivity contribution in [2.75, 3.05) is 6.61 Å². The Hall–Kier alpha value is -1.84. The molecule has 0 spiro atoms. The second kappa shape index (κ2) is 6.96. The highest BCUT2D eigenvalue weighted by Gasteiger charge is 2.21. The molecule has 24 heavy (non-hydrogen) atoms. The molecule has 0 amide bonds. The Balaban J connectivity index is 1.65. The van der Waals surface area contributed by atoms with Crippen LogP contribution in [-0.4, -0.2) is 34.8 Å². The third kappa shape index (κ3) is 3.80. The van der Waals surface area contributed by atoms with E-state index in [1.807, 2.05) is 0 Å². The van der Waals surface area contributed by atoms with Gasteiger partial charge in [0.2, 0.25) is 10.0 Å². The number of aromatic nitrogens is 4. The fraction of sp³-hybridized carbons (Fsp3) is 0.533. The molecule has 130 valence electrons. The Morgan fingerprint density at radius 1 is 1.33 bits per heavy atom. The monoisotopic (exact) mass is 351 g/mol. The number of hydrogen-bond acceptors (Lipinski definition) is 6. The van der Waals surface area contributed by atoms with E-state index in [0.29, 0.717) is 17.1 Å². The van der Waals surface area contributed by atoms with Crippen LogP contribution in [0.1, 0.15) is 42.4 Å². The zero-order valence-corrected chi connectivity index (χ0v) is 14.6. The summed E-state index contributed by atoms with van der Waals surface area (Å²) < 4.78 is 34.3. The molecule has 0 bridgehead atoms. The largest absolute Gasteiger partial charge is 0.370 e. The van der Waals surface area contributed by atoms with Gasteiger partial charge in [0.25, 0.3) is 0 Å². The van der Waals surface area contributed by atoms with Crippen LogP contribution in [0, 0.1) is 6.92 Å². The maximum Gasteiger partial charge on any atom is 0.244 e. The van der Waals surface area contributed by atoms with Gasteiger partial charge in [-0.1, -0.05) is 0 Å². The molecule has 0 aromatic carbocycles. The summed E-state index contributed by atoms with van der Waals surface area (Å²) in [6.07, 6.45) is 7.81. The van der Waals surface area contributed by atoms with Crippen molar-refractivity contribution in [3.05, 3.63) is 35.7 Å². The van der Waals surface area contributed by atoms with Gasteiger partial charge in [-0.3, -0.25) is 4.68 Å². The molecule has 0 unspecified atom stereocenters. The Morgan fingerprint density at radius 3 is 2.67 bits per heavy atom. The number of ether oxygens (including phenoxy) is 1. The summed E-state index contributed by atoms with van der Waals surface area (Å²) >= 11 is 0. The van der Waals surface area contributed by atoms with E-state index in [4.69, 9.17) is 4.74 Å². The lowest BCUT2D eigenvalue weighted by atomic mass is 10.1. The molecule has 3 rings (SSSR count). The first-order valence-electron chi connectivity index (χ1n) is 7.88. The Labute approximate surface area is 141 Å². The number of nitrogens with zero attached hydrogens (tertiary/aromatic N) is 4. The van der Waals surface area contributed by atoms with Crippen molar-refractivity contribution >= 4 is 10.0 Å². The van der Waals surface area contributed by atoms with Crippen LogP contribution in [0.5, 0.6) is 0 Å². The average Bonchev–Trinajstić information content (AvgIpc) is 2.94. The van der Waals surface area contributed by atoms with Crippen molar-refractivity contribution in [3.63, 3.8) is 0 Å². The van der Waals surface area contributed by atoms with Crippen LogP contribution in [0.2, 0.25) is 0 Å². The van der Waals surface area contributed by atoms with Crippen molar-refractivity contribution in [3.8, 4) is 0 Å². The van der Waals surface area contributed by atoms with Crippen LogP contribution in [0.4, 0.5) is 0 Å². The van der Waals surface area contributed by atoms with Crippen LogP contribution in [0.25, 0.3) is 0 Å². The highest BCUT2D eigenvalue weighted by molar-refractivity contribution is 7.89. The van der Waals surface area contributed by atoms with Crippen molar-refractivity contribution < 1.29 is 13.2 Å². The smallest absolute Gasteiger partial charge is 0.244 e. The molecule has 0 radical (unpaired) electrons. The minimum atomic E-state index is -3.61. The highest BCUT2D eigenvalue weighted by Crippen LogP contribution is 2.24. The third-order valence-electron chi connectivity index (χ3n) is 3.92. The number of hydrogen-bond donors (Lipinski definition) is 1. The molecule has 1 fully saturated rings. The molecule has 0 saturated carbocycles. The molecule has 1 N–H and O–H groups in total. The van der Waals surface area contributed by atoms with Gasteiger partial charge in [-0.15, -0.1) is 0 Å². The molecule has 8 nitrogen and oxygen atoms in total. The molecular weight excluding hydrogens is 330 g/mol. The van der Waals surface area contributed by atoms with Gasteiger partial charge in [0, 0.05) is 44.4 Å². The van der Waals surface area contributed by atoms with Gasteiger partial charge in [-0.25, -0.2) is 23.1 Å². The van der Waals surface area contributed by atoms with E-state index in [1.54, 1.807) is 26.4 Å². The molecule has 1 saturated heterocycles. The maximum absolute atomic E-state index is 12.3. The van der Waals surface area contributed by atoms with Crippen LogP contribution in [0.3, 0.4) is 0 Å². The molecule has 1 aliphatic heterocycles. The quantitative estimate of drug-likeness (QED) is 0.870. The standard InChI is InChI=1S/C15H21N5O3S/c1-11-14(10-20(2)19-11)24(21,22)18-9-12-7-16-15(17-8-12)13-5-3-4-6-23-13/h7-8,10,13,18H,3-6,9H2,1-2H3/t13-/m1/s1. The minimum Gasteiger partial charge on any atom is -0.370 e. The first-order chi connectivity index (χ1) is 11.5. The van der Waals surface area contributed by atoms with Gasteiger partial charge >= 0.3 is 0 Å². The van der Waals surface area contributed by atoms with Crippen molar-refractivity contribution in [2.45, 2.75) is 43.7 Å². The second-order valence-electron chi connectivity index (χ2n) is 5.88. The normalized spacial score (nSPS) is 18.7.